The first kappa shape index (κ1) is 16.9. The summed E-state index contributed by atoms with van der Waals surface area (Å²) in [6.07, 6.45) is -4.72. The molecule has 1 aromatic carbocycles. The Kier molecular flexibility index (Phi) is 4.68. The maximum absolute atomic E-state index is 12.2. The second-order valence-electron chi connectivity index (χ2n) is 5.09. The van der Waals surface area contributed by atoms with Crippen LogP contribution in [0, 0.1) is 20.8 Å². The Hall–Kier alpha value is -2.44. The van der Waals surface area contributed by atoms with Gasteiger partial charge in [0.1, 0.15) is 17.3 Å². The van der Waals surface area contributed by atoms with Gasteiger partial charge >= 0.3 is 6.36 Å². The topological polar surface area (TPSA) is 51.5 Å². The van der Waals surface area contributed by atoms with Crippen molar-refractivity contribution < 1.29 is 27.1 Å². The molecular formula is C16H16F3NO3. The molecule has 0 atom stereocenters. The smallest absolute Gasteiger partial charge is 0.466 e. The van der Waals surface area contributed by atoms with Crippen LogP contribution in [0.25, 0.3) is 0 Å². The fourth-order valence-corrected chi connectivity index (χ4v) is 2.21. The van der Waals surface area contributed by atoms with Crippen molar-refractivity contribution >= 4 is 5.91 Å². The molecule has 0 aliphatic carbocycles. The average Bonchev–Trinajstić information content (AvgIpc) is 2.69. The van der Waals surface area contributed by atoms with E-state index in [1.165, 1.54) is 24.3 Å². The summed E-state index contributed by atoms with van der Waals surface area (Å²) < 4.78 is 45.4. The summed E-state index contributed by atoms with van der Waals surface area (Å²) in [4.78, 5) is 12.2. The predicted octanol–water partition coefficient (Wildman–Crippen LogP) is 4.03. The van der Waals surface area contributed by atoms with E-state index in [1.807, 2.05) is 0 Å². The fourth-order valence-electron chi connectivity index (χ4n) is 2.21. The van der Waals surface area contributed by atoms with Gasteiger partial charge in [0.25, 0.3) is 5.91 Å². The number of benzene rings is 1. The second kappa shape index (κ2) is 6.36. The van der Waals surface area contributed by atoms with Gasteiger partial charge in [0.05, 0.1) is 5.56 Å². The molecule has 0 spiro atoms. The molecule has 0 bridgehead atoms. The highest BCUT2D eigenvalue weighted by Crippen LogP contribution is 2.23. The molecule has 23 heavy (non-hydrogen) atoms. The molecule has 0 saturated carbocycles. The van der Waals surface area contributed by atoms with Crippen molar-refractivity contribution in [2.75, 3.05) is 0 Å². The molecule has 0 unspecified atom stereocenters. The number of hydrogen-bond donors (Lipinski definition) is 1. The van der Waals surface area contributed by atoms with Crippen LogP contribution in [0.3, 0.4) is 0 Å². The van der Waals surface area contributed by atoms with E-state index in [1.54, 1.807) is 20.8 Å². The fraction of sp³-hybridized carbons (Fsp3) is 0.312. The molecule has 2 aromatic rings. The standard InChI is InChI=1S/C16H16F3NO3/c1-9-10(2)22-11(3)14(9)15(21)20-8-12-4-6-13(7-5-12)23-16(17,18)19/h4-7H,8H2,1-3H3,(H,20,21). The molecule has 0 aliphatic heterocycles. The normalized spacial score (nSPS) is 11.4. The highest BCUT2D eigenvalue weighted by molar-refractivity contribution is 5.96. The number of ether oxygens (including phenoxy) is 1. The van der Waals surface area contributed by atoms with Crippen molar-refractivity contribution in [3.8, 4) is 5.75 Å². The SMILES string of the molecule is Cc1oc(C)c(C(=O)NCc2ccc(OC(F)(F)F)cc2)c1C. The van der Waals surface area contributed by atoms with Crippen molar-refractivity contribution in [3.63, 3.8) is 0 Å². The Balaban J connectivity index is 1.99. The number of rotatable bonds is 4. The van der Waals surface area contributed by atoms with Gasteiger partial charge in [0, 0.05) is 12.1 Å². The molecule has 1 amide bonds. The third-order valence-electron chi connectivity index (χ3n) is 3.40. The van der Waals surface area contributed by atoms with Crippen LogP contribution < -0.4 is 10.1 Å². The number of furan rings is 1. The van der Waals surface area contributed by atoms with Crippen LogP contribution in [0.15, 0.2) is 28.7 Å². The Labute approximate surface area is 131 Å². The first-order valence-corrected chi connectivity index (χ1v) is 6.87. The Bertz CT molecular complexity index is 703. The zero-order chi connectivity index (χ0) is 17.2. The number of carbonyl (C=O) groups excluding carboxylic acids is 1. The van der Waals surface area contributed by atoms with Crippen molar-refractivity contribution in [3.05, 3.63) is 52.5 Å². The molecular weight excluding hydrogens is 311 g/mol. The molecule has 0 fully saturated rings. The molecule has 7 heteroatoms. The highest BCUT2D eigenvalue weighted by Gasteiger charge is 2.30. The highest BCUT2D eigenvalue weighted by atomic mass is 19.4. The van der Waals surface area contributed by atoms with Crippen molar-refractivity contribution in [1.82, 2.24) is 5.32 Å². The third kappa shape index (κ3) is 4.28. The molecule has 0 aliphatic rings. The summed E-state index contributed by atoms with van der Waals surface area (Å²) in [6.45, 7) is 5.47. The van der Waals surface area contributed by atoms with E-state index in [0.717, 1.165) is 5.56 Å². The molecule has 2 rings (SSSR count). The summed E-state index contributed by atoms with van der Waals surface area (Å²) >= 11 is 0. The van der Waals surface area contributed by atoms with E-state index in [9.17, 15) is 18.0 Å². The van der Waals surface area contributed by atoms with E-state index < -0.39 is 6.36 Å². The van der Waals surface area contributed by atoms with Gasteiger partial charge in [0.2, 0.25) is 0 Å². The molecule has 4 nitrogen and oxygen atoms in total. The number of amides is 1. The number of halogens is 3. The maximum Gasteiger partial charge on any atom is 0.573 e. The van der Waals surface area contributed by atoms with E-state index in [0.29, 0.717) is 22.6 Å². The monoisotopic (exact) mass is 327 g/mol. The van der Waals surface area contributed by atoms with Gasteiger partial charge in [-0.2, -0.15) is 0 Å². The minimum Gasteiger partial charge on any atom is -0.466 e. The lowest BCUT2D eigenvalue weighted by Crippen LogP contribution is -2.23. The lowest BCUT2D eigenvalue weighted by atomic mass is 10.1. The lowest BCUT2D eigenvalue weighted by Gasteiger charge is -2.10. The van der Waals surface area contributed by atoms with Crippen LogP contribution >= 0.6 is 0 Å². The minimum atomic E-state index is -4.72. The zero-order valence-corrected chi connectivity index (χ0v) is 12.9. The second-order valence-corrected chi connectivity index (χ2v) is 5.09. The van der Waals surface area contributed by atoms with Gasteiger partial charge < -0.3 is 14.5 Å². The van der Waals surface area contributed by atoms with Crippen molar-refractivity contribution in [2.45, 2.75) is 33.7 Å². The van der Waals surface area contributed by atoms with E-state index in [4.69, 9.17) is 4.42 Å². The van der Waals surface area contributed by atoms with Crippen LogP contribution in [0.4, 0.5) is 13.2 Å². The first-order chi connectivity index (χ1) is 10.7. The van der Waals surface area contributed by atoms with Gasteiger partial charge in [-0.05, 0) is 38.5 Å². The molecule has 1 N–H and O–H groups in total. The van der Waals surface area contributed by atoms with Crippen molar-refractivity contribution in [1.29, 1.82) is 0 Å². The summed E-state index contributed by atoms with van der Waals surface area (Å²) in [6, 6.07) is 5.32. The van der Waals surface area contributed by atoms with Crippen LogP contribution in [0.5, 0.6) is 5.75 Å². The summed E-state index contributed by atoms with van der Waals surface area (Å²) in [7, 11) is 0. The molecule has 0 radical (unpaired) electrons. The van der Waals surface area contributed by atoms with Gasteiger partial charge in [-0.15, -0.1) is 13.2 Å². The van der Waals surface area contributed by atoms with Gasteiger partial charge in [0.15, 0.2) is 0 Å². The average molecular weight is 327 g/mol. The van der Waals surface area contributed by atoms with E-state index >= 15 is 0 Å². The van der Waals surface area contributed by atoms with Crippen LogP contribution in [0.1, 0.15) is 33.0 Å². The lowest BCUT2D eigenvalue weighted by molar-refractivity contribution is -0.274. The quantitative estimate of drug-likeness (QED) is 0.922. The van der Waals surface area contributed by atoms with Gasteiger partial charge in [-0.3, -0.25) is 4.79 Å². The molecule has 1 heterocycles. The number of carbonyl (C=O) groups is 1. The van der Waals surface area contributed by atoms with E-state index in [2.05, 4.69) is 10.1 Å². The number of aryl methyl sites for hydroxylation is 2. The number of nitrogens with one attached hydrogen (secondary N) is 1. The first-order valence-electron chi connectivity index (χ1n) is 6.87. The zero-order valence-electron chi connectivity index (χ0n) is 12.9. The summed E-state index contributed by atoms with van der Waals surface area (Å²) in [5.74, 6) is 0.630. The van der Waals surface area contributed by atoms with Crippen LogP contribution in [0.2, 0.25) is 0 Å². The predicted molar refractivity (Wildman–Crippen MR) is 77.2 cm³/mol. The Morgan fingerprint density at radius 1 is 1.13 bits per heavy atom. The molecule has 124 valence electrons. The largest absolute Gasteiger partial charge is 0.573 e. The summed E-state index contributed by atoms with van der Waals surface area (Å²) in [5.41, 5.74) is 1.91. The molecule has 1 aromatic heterocycles. The molecule has 0 saturated heterocycles. The van der Waals surface area contributed by atoms with Crippen LogP contribution in [-0.2, 0) is 6.54 Å². The van der Waals surface area contributed by atoms with Gasteiger partial charge in [-0.25, -0.2) is 0 Å². The van der Waals surface area contributed by atoms with Crippen molar-refractivity contribution in [2.24, 2.45) is 0 Å². The van der Waals surface area contributed by atoms with Crippen LogP contribution in [-0.4, -0.2) is 12.3 Å². The summed E-state index contributed by atoms with van der Waals surface area (Å²) in [5, 5.41) is 2.72. The Morgan fingerprint density at radius 3 is 2.22 bits per heavy atom. The maximum atomic E-state index is 12.2. The number of hydrogen-bond acceptors (Lipinski definition) is 3. The van der Waals surface area contributed by atoms with E-state index in [-0.39, 0.29) is 18.2 Å². The van der Waals surface area contributed by atoms with Gasteiger partial charge in [-0.1, -0.05) is 12.1 Å². The third-order valence-corrected chi connectivity index (χ3v) is 3.40. The number of alkyl halides is 3. The Morgan fingerprint density at radius 2 is 1.74 bits per heavy atom. The minimum absolute atomic E-state index is 0.189.